The smallest absolute Gasteiger partial charge is 0.422 e. The van der Waals surface area contributed by atoms with E-state index in [9.17, 15) is 18.0 Å². The second-order valence-electron chi connectivity index (χ2n) is 5.68. The largest absolute Gasteiger partial charge is 0.468 e. The van der Waals surface area contributed by atoms with E-state index in [0.717, 1.165) is 0 Å². The maximum Gasteiger partial charge on any atom is 0.422 e. The molecule has 7 nitrogen and oxygen atoms in total. The molecule has 0 spiro atoms. The minimum absolute atomic E-state index is 0.119. The van der Waals surface area contributed by atoms with Gasteiger partial charge in [-0.05, 0) is 24.6 Å². The number of fused-ring (bicyclic) bond motifs is 1. The lowest BCUT2D eigenvalue weighted by molar-refractivity contribution is -0.154. The van der Waals surface area contributed by atoms with Gasteiger partial charge in [-0.3, -0.25) is 14.5 Å². The number of pyridine rings is 2. The fraction of sp³-hybridized carbons (Fsp3) is 0.294. The molecule has 142 valence electrons. The SMILES string of the molecule is CCNC(=O)c1nccc2nn(Cc3ccnc(OCC(F)(F)F)c3)cc12. The number of nitrogens with zero attached hydrogens (tertiary/aromatic N) is 4. The number of rotatable bonds is 6. The van der Waals surface area contributed by atoms with Gasteiger partial charge in [0, 0.05) is 31.2 Å². The van der Waals surface area contributed by atoms with Gasteiger partial charge in [0.25, 0.3) is 5.91 Å². The van der Waals surface area contributed by atoms with Crippen LogP contribution in [0.15, 0.2) is 36.8 Å². The van der Waals surface area contributed by atoms with E-state index < -0.39 is 12.8 Å². The molecule has 27 heavy (non-hydrogen) atoms. The van der Waals surface area contributed by atoms with Gasteiger partial charge < -0.3 is 10.1 Å². The first-order chi connectivity index (χ1) is 12.9. The maximum absolute atomic E-state index is 12.3. The number of halogens is 3. The van der Waals surface area contributed by atoms with E-state index in [4.69, 9.17) is 0 Å². The van der Waals surface area contributed by atoms with Crippen molar-refractivity contribution in [1.29, 1.82) is 0 Å². The zero-order valence-corrected chi connectivity index (χ0v) is 14.3. The Labute approximate surface area is 152 Å². The van der Waals surface area contributed by atoms with E-state index in [-0.39, 0.29) is 24.0 Å². The highest BCUT2D eigenvalue weighted by molar-refractivity contribution is 6.04. The minimum Gasteiger partial charge on any atom is -0.468 e. The van der Waals surface area contributed by atoms with Crippen molar-refractivity contribution < 1.29 is 22.7 Å². The number of ether oxygens (including phenoxy) is 1. The lowest BCUT2D eigenvalue weighted by atomic mass is 10.2. The van der Waals surface area contributed by atoms with Gasteiger partial charge in [-0.15, -0.1) is 0 Å². The van der Waals surface area contributed by atoms with Crippen molar-refractivity contribution in [3.8, 4) is 5.88 Å². The standard InChI is InChI=1S/C17H16F3N5O2/c1-2-21-16(26)15-12-9-25(24-13(12)4-6-23-15)8-11-3-5-22-14(7-11)27-10-17(18,19)20/h3-7,9H,2,8,10H2,1H3,(H,21,26). The molecular weight excluding hydrogens is 363 g/mol. The quantitative estimate of drug-likeness (QED) is 0.712. The Bertz CT molecular complexity index is 955. The minimum atomic E-state index is -4.43. The molecule has 1 N–H and O–H groups in total. The summed E-state index contributed by atoms with van der Waals surface area (Å²) in [5.41, 5.74) is 1.51. The summed E-state index contributed by atoms with van der Waals surface area (Å²) in [5, 5.41) is 7.66. The van der Waals surface area contributed by atoms with E-state index in [2.05, 4.69) is 25.1 Å². The van der Waals surface area contributed by atoms with Crippen molar-refractivity contribution >= 4 is 16.8 Å². The average Bonchev–Trinajstić information content (AvgIpc) is 3.02. The molecule has 3 aromatic heterocycles. The molecule has 0 unspecified atom stereocenters. The summed E-state index contributed by atoms with van der Waals surface area (Å²) in [5.74, 6) is -0.416. The Kier molecular flexibility index (Phi) is 5.24. The van der Waals surface area contributed by atoms with Gasteiger partial charge >= 0.3 is 6.18 Å². The first-order valence-corrected chi connectivity index (χ1v) is 8.10. The fourth-order valence-electron chi connectivity index (χ4n) is 2.47. The molecule has 0 atom stereocenters. The van der Waals surface area contributed by atoms with E-state index in [0.29, 0.717) is 23.0 Å². The van der Waals surface area contributed by atoms with Crippen LogP contribution in [-0.2, 0) is 6.54 Å². The molecule has 0 aromatic carbocycles. The summed E-state index contributed by atoms with van der Waals surface area (Å²) in [4.78, 5) is 20.0. The molecule has 0 fully saturated rings. The number of hydrogen-bond donors (Lipinski definition) is 1. The number of carbonyl (C=O) groups is 1. The summed E-state index contributed by atoms with van der Waals surface area (Å²) >= 11 is 0. The fourth-order valence-corrected chi connectivity index (χ4v) is 2.47. The Morgan fingerprint density at radius 3 is 2.78 bits per heavy atom. The molecule has 0 aliphatic carbocycles. The molecule has 3 aromatic rings. The van der Waals surface area contributed by atoms with E-state index >= 15 is 0 Å². The van der Waals surface area contributed by atoms with Gasteiger partial charge in [0.15, 0.2) is 6.61 Å². The summed E-state index contributed by atoms with van der Waals surface area (Å²) in [7, 11) is 0. The number of alkyl halides is 3. The van der Waals surface area contributed by atoms with Gasteiger partial charge in [-0.25, -0.2) is 4.98 Å². The van der Waals surface area contributed by atoms with Crippen molar-refractivity contribution in [2.45, 2.75) is 19.6 Å². The number of aromatic nitrogens is 4. The molecule has 0 aliphatic heterocycles. The number of nitrogens with one attached hydrogen (secondary N) is 1. The Morgan fingerprint density at radius 1 is 1.26 bits per heavy atom. The molecule has 0 aliphatic rings. The molecule has 3 heterocycles. The third-order valence-electron chi connectivity index (χ3n) is 3.56. The average molecular weight is 379 g/mol. The van der Waals surface area contributed by atoms with Crippen LogP contribution in [0.3, 0.4) is 0 Å². The summed E-state index contributed by atoms with van der Waals surface area (Å²) < 4.78 is 43.0. The Hall–Kier alpha value is -3.17. The third-order valence-corrected chi connectivity index (χ3v) is 3.56. The third kappa shape index (κ3) is 4.72. The lowest BCUT2D eigenvalue weighted by Crippen LogP contribution is -2.23. The zero-order chi connectivity index (χ0) is 19.4. The highest BCUT2D eigenvalue weighted by atomic mass is 19.4. The van der Waals surface area contributed by atoms with E-state index in [1.807, 2.05) is 6.92 Å². The highest BCUT2D eigenvalue weighted by Gasteiger charge is 2.28. The van der Waals surface area contributed by atoms with Crippen LogP contribution in [0, 0.1) is 0 Å². The van der Waals surface area contributed by atoms with Crippen LogP contribution in [0.25, 0.3) is 10.9 Å². The maximum atomic E-state index is 12.3. The van der Waals surface area contributed by atoms with Crippen LogP contribution < -0.4 is 10.1 Å². The molecule has 0 saturated heterocycles. The first kappa shape index (κ1) is 18.6. The monoisotopic (exact) mass is 379 g/mol. The molecule has 0 bridgehead atoms. The van der Waals surface area contributed by atoms with Crippen LogP contribution >= 0.6 is 0 Å². The second kappa shape index (κ2) is 7.60. The highest BCUT2D eigenvalue weighted by Crippen LogP contribution is 2.19. The van der Waals surface area contributed by atoms with Gasteiger partial charge in [-0.2, -0.15) is 18.3 Å². The van der Waals surface area contributed by atoms with E-state index in [1.165, 1.54) is 18.5 Å². The van der Waals surface area contributed by atoms with Gasteiger partial charge in [0.05, 0.1) is 17.4 Å². The lowest BCUT2D eigenvalue weighted by Gasteiger charge is -2.09. The van der Waals surface area contributed by atoms with Crippen molar-refractivity contribution in [3.05, 3.63) is 48.0 Å². The predicted octanol–water partition coefficient (Wildman–Crippen LogP) is 2.57. The molecular formula is C17H16F3N5O2. The van der Waals surface area contributed by atoms with Crippen molar-refractivity contribution in [2.24, 2.45) is 0 Å². The Balaban J connectivity index is 1.81. The second-order valence-corrected chi connectivity index (χ2v) is 5.68. The van der Waals surface area contributed by atoms with Gasteiger partial charge in [0.1, 0.15) is 5.69 Å². The summed E-state index contributed by atoms with van der Waals surface area (Å²) in [6, 6.07) is 4.75. The van der Waals surface area contributed by atoms with Crippen LogP contribution in [-0.4, -0.2) is 45.0 Å². The van der Waals surface area contributed by atoms with Gasteiger partial charge in [-0.1, -0.05) is 0 Å². The van der Waals surface area contributed by atoms with Crippen molar-refractivity contribution in [2.75, 3.05) is 13.2 Å². The predicted molar refractivity (Wildman–Crippen MR) is 90.4 cm³/mol. The number of carbonyl (C=O) groups excluding carboxylic acids is 1. The van der Waals surface area contributed by atoms with Gasteiger partial charge in [0.2, 0.25) is 5.88 Å². The van der Waals surface area contributed by atoms with Crippen molar-refractivity contribution in [1.82, 2.24) is 25.1 Å². The molecule has 1 amide bonds. The van der Waals surface area contributed by atoms with E-state index in [1.54, 1.807) is 23.0 Å². The number of hydrogen-bond acceptors (Lipinski definition) is 5. The topological polar surface area (TPSA) is 81.9 Å². The van der Waals surface area contributed by atoms with Crippen molar-refractivity contribution in [3.63, 3.8) is 0 Å². The molecule has 0 saturated carbocycles. The van der Waals surface area contributed by atoms with Crippen LogP contribution in [0.1, 0.15) is 23.0 Å². The first-order valence-electron chi connectivity index (χ1n) is 8.10. The van der Waals surface area contributed by atoms with Crippen LogP contribution in [0.2, 0.25) is 0 Å². The summed E-state index contributed by atoms with van der Waals surface area (Å²) in [6.45, 7) is 1.15. The summed E-state index contributed by atoms with van der Waals surface area (Å²) in [6.07, 6.45) is 0.106. The van der Waals surface area contributed by atoms with Crippen LogP contribution in [0.4, 0.5) is 13.2 Å². The molecule has 10 heteroatoms. The molecule has 3 rings (SSSR count). The normalized spacial score (nSPS) is 11.6. The zero-order valence-electron chi connectivity index (χ0n) is 14.3. The van der Waals surface area contributed by atoms with Crippen LogP contribution in [0.5, 0.6) is 5.88 Å². The molecule has 0 radical (unpaired) electrons. The Morgan fingerprint density at radius 2 is 2.04 bits per heavy atom. The number of amides is 1.